The first-order valence-corrected chi connectivity index (χ1v) is 10.5. The van der Waals surface area contributed by atoms with E-state index in [0.29, 0.717) is 16.6 Å². The van der Waals surface area contributed by atoms with Crippen LogP contribution >= 0.6 is 27.3 Å². The summed E-state index contributed by atoms with van der Waals surface area (Å²) >= 11 is 4.85. The highest BCUT2D eigenvalue weighted by Crippen LogP contribution is 2.36. The number of aryl methyl sites for hydroxylation is 2. The zero-order valence-corrected chi connectivity index (χ0v) is 19.0. The van der Waals surface area contributed by atoms with Crippen molar-refractivity contribution >= 4 is 44.4 Å². The summed E-state index contributed by atoms with van der Waals surface area (Å²) in [5, 5.41) is 5.33. The molecule has 0 atom stereocenters. The number of carbonyl (C=O) groups excluding carboxylic acids is 1. The summed E-state index contributed by atoms with van der Waals surface area (Å²) in [6.07, 6.45) is 3.17. The molecule has 1 N–H and O–H groups in total. The van der Waals surface area contributed by atoms with Gasteiger partial charge in [-0.25, -0.2) is 4.98 Å². The molecule has 0 fully saturated rings. The summed E-state index contributed by atoms with van der Waals surface area (Å²) in [5.74, 6) is 0.939. The summed E-state index contributed by atoms with van der Waals surface area (Å²) in [6.45, 7) is 4.10. The number of halogens is 1. The van der Waals surface area contributed by atoms with Gasteiger partial charge in [-0.3, -0.25) is 10.1 Å². The molecule has 0 aliphatic carbocycles. The van der Waals surface area contributed by atoms with Gasteiger partial charge in [-0.15, -0.1) is 11.3 Å². The van der Waals surface area contributed by atoms with Gasteiger partial charge < -0.3 is 9.47 Å². The van der Waals surface area contributed by atoms with Gasteiger partial charge in [-0.1, -0.05) is 17.7 Å². The number of hydrogen-bond donors (Lipinski definition) is 1. The van der Waals surface area contributed by atoms with Gasteiger partial charge in [0, 0.05) is 17.0 Å². The standard InChI is InChI=1S/C22H21BrN2O3S/c1-13-5-6-14(2)16(9-13)18-12-29-22(24-18)25-20(26)8-7-15-10-17(23)21(28-4)19(11-15)27-3/h5-12H,1-4H3,(H,24,25,26)/b8-7+. The third-order valence-electron chi connectivity index (χ3n) is 4.29. The zero-order chi connectivity index (χ0) is 21.0. The second kappa shape index (κ2) is 9.24. The van der Waals surface area contributed by atoms with E-state index in [1.54, 1.807) is 26.4 Å². The molecule has 0 radical (unpaired) electrons. The van der Waals surface area contributed by atoms with Gasteiger partial charge in [0.25, 0.3) is 0 Å². The molecule has 0 saturated heterocycles. The number of benzene rings is 2. The van der Waals surface area contributed by atoms with Crippen LogP contribution in [0.1, 0.15) is 16.7 Å². The first-order chi connectivity index (χ1) is 13.9. The van der Waals surface area contributed by atoms with Gasteiger partial charge in [-0.05, 0) is 65.2 Å². The highest BCUT2D eigenvalue weighted by Gasteiger charge is 2.11. The van der Waals surface area contributed by atoms with Crippen LogP contribution in [0.4, 0.5) is 5.13 Å². The van der Waals surface area contributed by atoms with Crippen molar-refractivity contribution in [1.29, 1.82) is 0 Å². The van der Waals surface area contributed by atoms with Crippen molar-refractivity contribution in [2.45, 2.75) is 13.8 Å². The van der Waals surface area contributed by atoms with Crippen LogP contribution in [-0.2, 0) is 4.79 Å². The number of methoxy groups -OCH3 is 2. The van der Waals surface area contributed by atoms with Crippen molar-refractivity contribution < 1.29 is 14.3 Å². The van der Waals surface area contributed by atoms with Gasteiger partial charge in [0.2, 0.25) is 5.91 Å². The predicted octanol–water partition coefficient (Wildman–Crippen LogP) is 5.86. The summed E-state index contributed by atoms with van der Waals surface area (Å²) in [5.41, 5.74) is 5.07. The molecule has 150 valence electrons. The fourth-order valence-electron chi connectivity index (χ4n) is 2.82. The van der Waals surface area contributed by atoms with E-state index in [9.17, 15) is 4.79 Å². The second-order valence-corrected chi connectivity index (χ2v) is 8.13. The Morgan fingerprint density at radius 3 is 2.69 bits per heavy atom. The minimum absolute atomic E-state index is 0.252. The number of rotatable bonds is 6. The zero-order valence-electron chi connectivity index (χ0n) is 16.6. The number of nitrogens with one attached hydrogen (secondary N) is 1. The Labute approximate surface area is 182 Å². The maximum Gasteiger partial charge on any atom is 0.250 e. The fourth-order valence-corrected chi connectivity index (χ4v) is 4.15. The van der Waals surface area contributed by atoms with Crippen LogP contribution in [0.5, 0.6) is 11.5 Å². The Bertz CT molecular complexity index is 1080. The van der Waals surface area contributed by atoms with E-state index in [1.807, 2.05) is 11.4 Å². The average Bonchev–Trinajstić information content (AvgIpc) is 3.15. The summed E-state index contributed by atoms with van der Waals surface area (Å²) in [7, 11) is 3.15. The maximum absolute atomic E-state index is 12.3. The maximum atomic E-state index is 12.3. The van der Waals surface area contributed by atoms with E-state index in [1.165, 1.54) is 23.0 Å². The molecular weight excluding hydrogens is 452 g/mol. The summed E-state index contributed by atoms with van der Waals surface area (Å²) < 4.78 is 11.4. The van der Waals surface area contributed by atoms with Crippen LogP contribution in [0, 0.1) is 13.8 Å². The van der Waals surface area contributed by atoms with Crippen molar-refractivity contribution in [2.24, 2.45) is 0 Å². The Morgan fingerprint density at radius 1 is 1.17 bits per heavy atom. The third kappa shape index (κ3) is 5.05. The van der Waals surface area contributed by atoms with Crippen molar-refractivity contribution in [3.8, 4) is 22.8 Å². The van der Waals surface area contributed by atoms with Crippen LogP contribution < -0.4 is 14.8 Å². The van der Waals surface area contributed by atoms with Gasteiger partial charge in [0.1, 0.15) is 0 Å². The normalized spacial score (nSPS) is 10.9. The molecule has 1 heterocycles. The number of hydrogen-bond acceptors (Lipinski definition) is 5. The monoisotopic (exact) mass is 472 g/mol. The third-order valence-corrected chi connectivity index (χ3v) is 5.63. The van der Waals surface area contributed by atoms with Crippen LogP contribution in [-0.4, -0.2) is 25.1 Å². The number of thiazole rings is 1. The van der Waals surface area contributed by atoms with Crippen molar-refractivity contribution in [2.75, 3.05) is 19.5 Å². The van der Waals surface area contributed by atoms with Gasteiger partial charge in [0.15, 0.2) is 16.6 Å². The molecule has 5 nitrogen and oxygen atoms in total. The lowest BCUT2D eigenvalue weighted by atomic mass is 10.0. The molecule has 1 aromatic heterocycles. The Hall–Kier alpha value is -2.64. The largest absolute Gasteiger partial charge is 0.493 e. The molecule has 0 spiro atoms. The highest BCUT2D eigenvalue weighted by molar-refractivity contribution is 9.10. The minimum atomic E-state index is -0.252. The molecule has 0 aliphatic rings. The average molecular weight is 473 g/mol. The van der Waals surface area contributed by atoms with Crippen LogP contribution in [0.15, 0.2) is 46.3 Å². The summed E-state index contributed by atoms with van der Waals surface area (Å²) in [4.78, 5) is 16.9. The predicted molar refractivity (Wildman–Crippen MR) is 122 cm³/mol. The number of ether oxygens (including phenoxy) is 2. The SMILES string of the molecule is COc1cc(/C=C/C(=O)Nc2nc(-c3cc(C)ccc3C)cs2)cc(Br)c1OC. The number of aromatic nitrogens is 1. The lowest BCUT2D eigenvalue weighted by Crippen LogP contribution is -2.07. The molecule has 2 aromatic carbocycles. The molecule has 0 bridgehead atoms. The molecule has 0 aliphatic heterocycles. The smallest absolute Gasteiger partial charge is 0.250 e. The molecule has 0 unspecified atom stereocenters. The second-order valence-electron chi connectivity index (χ2n) is 6.42. The van der Waals surface area contributed by atoms with Crippen molar-refractivity contribution in [3.63, 3.8) is 0 Å². The van der Waals surface area contributed by atoms with Gasteiger partial charge in [-0.2, -0.15) is 0 Å². The minimum Gasteiger partial charge on any atom is -0.493 e. The van der Waals surface area contributed by atoms with E-state index >= 15 is 0 Å². The molecular formula is C22H21BrN2O3S. The van der Waals surface area contributed by atoms with E-state index in [4.69, 9.17) is 9.47 Å². The topological polar surface area (TPSA) is 60.5 Å². The molecule has 29 heavy (non-hydrogen) atoms. The van der Waals surface area contributed by atoms with Gasteiger partial charge >= 0.3 is 0 Å². The number of amides is 1. The first kappa shape index (κ1) is 21.1. The first-order valence-electron chi connectivity index (χ1n) is 8.85. The molecule has 3 aromatic rings. The van der Waals surface area contributed by atoms with E-state index in [2.05, 4.69) is 58.3 Å². The molecule has 1 amide bonds. The summed E-state index contributed by atoms with van der Waals surface area (Å²) in [6, 6.07) is 9.91. The molecule has 7 heteroatoms. The Balaban J connectivity index is 1.73. The van der Waals surface area contributed by atoms with E-state index in [0.717, 1.165) is 26.9 Å². The lowest BCUT2D eigenvalue weighted by molar-refractivity contribution is -0.111. The van der Waals surface area contributed by atoms with E-state index in [-0.39, 0.29) is 5.91 Å². The van der Waals surface area contributed by atoms with Crippen molar-refractivity contribution in [1.82, 2.24) is 4.98 Å². The molecule has 0 saturated carbocycles. The number of nitrogens with zero attached hydrogens (tertiary/aromatic N) is 1. The fraction of sp³-hybridized carbons (Fsp3) is 0.182. The van der Waals surface area contributed by atoms with Crippen LogP contribution in [0.25, 0.3) is 17.3 Å². The number of anilines is 1. The molecule has 3 rings (SSSR count). The van der Waals surface area contributed by atoms with Gasteiger partial charge in [0.05, 0.1) is 24.4 Å². The number of carbonyl (C=O) groups is 1. The quantitative estimate of drug-likeness (QED) is 0.456. The Kier molecular flexibility index (Phi) is 6.71. The highest BCUT2D eigenvalue weighted by atomic mass is 79.9. The van der Waals surface area contributed by atoms with Crippen LogP contribution in [0.2, 0.25) is 0 Å². The Morgan fingerprint density at radius 2 is 1.97 bits per heavy atom. The van der Waals surface area contributed by atoms with Crippen LogP contribution in [0.3, 0.4) is 0 Å². The lowest BCUT2D eigenvalue weighted by Gasteiger charge is -2.10. The van der Waals surface area contributed by atoms with E-state index < -0.39 is 0 Å². The van der Waals surface area contributed by atoms with Crippen molar-refractivity contribution in [3.05, 3.63) is 63.0 Å².